The lowest BCUT2D eigenvalue weighted by Gasteiger charge is -2.37. The molecule has 3 aromatic carbocycles. The number of esters is 1. The van der Waals surface area contributed by atoms with E-state index in [1.807, 2.05) is 0 Å². The Balaban J connectivity index is 1.73. The van der Waals surface area contributed by atoms with Crippen LogP contribution in [0.1, 0.15) is 30.5 Å². The smallest absolute Gasteiger partial charge is 0.424 e. The number of nitro benzene ring substituents is 1. The van der Waals surface area contributed by atoms with E-state index in [-0.39, 0.29) is 35.7 Å². The zero-order chi connectivity index (χ0) is 28.1. The third-order valence-electron chi connectivity index (χ3n) is 5.97. The summed E-state index contributed by atoms with van der Waals surface area (Å²) >= 11 is 0. The first kappa shape index (κ1) is 27.0. The number of urea groups is 1. The number of imide groups is 1. The fourth-order valence-corrected chi connectivity index (χ4v) is 4.12. The molecule has 2 atom stereocenters. The monoisotopic (exact) mass is 537 g/mol. The van der Waals surface area contributed by atoms with Crippen LogP contribution < -0.4 is 4.74 Å². The van der Waals surface area contributed by atoms with Crippen LogP contribution in [0.2, 0.25) is 0 Å². The van der Waals surface area contributed by atoms with Gasteiger partial charge in [-0.25, -0.2) is 28.3 Å². The predicted octanol–water partition coefficient (Wildman–Crippen LogP) is 5.76. The van der Waals surface area contributed by atoms with E-state index in [4.69, 9.17) is 9.47 Å². The number of nitrogens with zero attached hydrogens (tertiary/aromatic N) is 3. The summed E-state index contributed by atoms with van der Waals surface area (Å²) in [6.07, 6.45) is -1.25. The maximum absolute atomic E-state index is 15.1. The van der Waals surface area contributed by atoms with E-state index in [0.29, 0.717) is 16.5 Å². The van der Waals surface area contributed by atoms with Gasteiger partial charge in [0.1, 0.15) is 29.9 Å². The molecule has 0 aromatic heterocycles. The number of rotatable bonds is 7. The molecular weight excluding hydrogens is 516 g/mol. The van der Waals surface area contributed by atoms with Gasteiger partial charge in [0.2, 0.25) is 0 Å². The Morgan fingerprint density at radius 3 is 2.36 bits per heavy atom. The van der Waals surface area contributed by atoms with Crippen molar-refractivity contribution < 1.29 is 37.6 Å². The average Bonchev–Trinajstić information content (AvgIpc) is 2.92. The van der Waals surface area contributed by atoms with Gasteiger partial charge in [0.25, 0.3) is 5.69 Å². The number of amides is 3. The molecule has 4 rings (SSSR count). The number of halogens is 2. The largest absolute Gasteiger partial charge is 0.460 e. The molecule has 200 valence electrons. The molecule has 0 radical (unpaired) electrons. The molecule has 39 heavy (non-hydrogen) atoms. The Morgan fingerprint density at radius 2 is 1.74 bits per heavy atom. The molecule has 12 heteroatoms. The van der Waals surface area contributed by atoms with Crippen molar-refractivity contribution in [1.29, 1.82) is 0 Å². The lowest BCUT2D eigenvalue weighted by atomic mass is 9.85. The number of ether oxygens (including phenoxy) is 2. The van der Waals surface area contributed by atoms with Crippen molar-refractivity contribution in [2.24, 2.45) is 10.9 Å². The highest BCUT2D eigenvalue weighted by atomic mass is 19.1. The van der Waals surface area contributed by atoms with Gasteiger partial charge in [-0.15, -0.1) is 0 Å². The van der Waals surface area contributed by atoms with E-state index in [1.54, 1.807) is 37.3 Å². The van der Waals surface area contributed by atoms with E-state index in [9.17, 15) is 28.9 Å². The normalized spacial score (nSPS) is 16.8. The van der Waals surface area contributed by atoms with Crippen molar-refractivity contribution >= 4 is 29.5 Å². The van der Waals surface area contributed by atoms with Crippen molar-refractivity contribution in [2.75, 3.05) is 0 Å². The van der Waals surface area contributed by atoms with Crippen molar-refractivity contribution in [1.82, 2.24) is 4.90 Å². The first-order chi connectivity index (χ1) is 18.7. The summed E-state index contributed by atoms with van der Waals surface area (Å²) < 4.78 is 39.5. The van der Waals surface area contributed by atoms with Crippen molar-refractivity contribution in [3.8, 4) is 5.75 Å². The van der Waals surface area contributed by atoms with Gasteiger partial charge < -0.3 is 9.47 Å². The van der Waals surface area contributed by atoms with Gasteiger partial charge in [-0.2, -0.15) is 0 Å². The van der Waals surface area contributed by atoms with Gasteiger partial charge in [0, 0.05) is 29.5 Å². The van der Waals surface area contributed by atoms with Crippen LogP contribution in [0.3, 0.4) is 0 Å². The molecule has 1 heterocycles. The first-order valence-corrected chi connectivity index (χ1v) is 11.7. The third-order valence-corrected chi connectivity index (χ3v) is 5.97. The number of carbonyl (C=O) groups is 3. The summed E-state index contributed by atoms with van der Waals surface area (Å²) in [5.74, 6) is -4.51. The van der Waals surface area contributed by atoms with E-state index >= 15 is 4.39 Å². The molecule has 0 spiro atoms. The summed E-state index contributed by atoms with van der Waals surface area (Å²) in [5.41, 5.74) is 0.0827. The van der Waals surface area contributed by atoms with Gasteiger partial charge in [-0.1, -0.05) is 43.3 Å². The van der Waals surface area contributed by atoms with Crippen LogP contribution in [0.25, 0.3) is 0 Å². The first-order valence-electron chi connectivity index (χ1n) is 11.7. The highest BCUT2D eigenvalue weighted by Gasteiger charge is 2.48. The van der Waals surface area contributed by atoms with E-state index in [1.165, 1.54) is 0 Å². The molecule has 2 unspecified atom stereocenters. The van der Waals surface area contributed by atoms with Gasteiger partial charge in [-0.3, -0.25) is 14.9 Å². The maximum atomic E-state index is 15.1. The van der Waals surface area contributed by atoms with Crippen LogP contribution in [-0.4, -0.2) is 33.6 Å². The van der Waals surface area contributed by atoms with Crippen LogP contribution in [0.4, 0.5) is 24.1 Å². The van der Waals surface area contributed by atoms with Gasteiger partial charge >= 0.3 is 18.1 Å². The number of hydrogen-bond acceptors (Lipinski definition) is 7. The van der Waals surface area contributed by atoms with Crippen molar-refractivity contribution in [3.05, 3.63) is 106 Å². The van der Waals surface area contributed by atoms with E-state index < -0.39 is 46.6 Å². The van der Waals surface area contributed by atoms with Crippen LogP contribution in [0.5, 0.6) is 5.75 Å². The van der Waals surface area contributed by atoms with Gasteiger partial charge in [0.15, 0.2) is 0 Å². The number of nitro groups is 1. The molecule has 10 nitrogen and oxygen atoms in total. The average molecular weight is 537 g/mol. The standard InChI is InChI=1S/C27H21F2N3O7/c1-2-22-23(25(33)38-15-16-6-4-3-5-7-16)24(20-13-8-17(28)14-21(20)29)31(26(34)30-22)27(35)39-19-11-9-18(10-12-19)32(36)37/h3-14,23-24H,2,15H2,1H3. The number of hydrogen-bond donors (Lipinski definition) is 0. The molecule has 0 saturated heterocycles. The molecule has 0 saturated carbocycles. The van der Waals surface area contributed by atoms with Crippen molar-refractivity contribution in [3.63, 3.8) is 0 Å². The van der Waals surface area contributed by atoms with Crippen LogP contribution in [0, 0.1) is 27.7 Å². The minimum atomic E-state index is -1.63. The minimum Gasteiger partial charge on any atom is -0.460 e. The zero-order valence-electron chi connectivity index (χ0n) is 20.5. The second-order valence-electron chi connectivity index (χ2n) is 8.41. The molecule has 3 amide bonds. The number of benzene rings is 3. The highest BCUT2D eigenvalue weighted by molar-refractivity contribution is 6.12. The summed E-state index contributed by atoms with van der Waals surface area (Å²) in [6, 6.07) is 12.9. The number of carbonyl (C=O) groups excluding carboxylic acids is 3. The maximum Gasteiger partial charge on any atom is 0.424 e. The van der Waals surface area contributed by atoms with Crippen LogP contribution in [-0.2, 0) is 16.1 Å². The topological polar surface area (TPSA) is 128 Å². The number of non-ortho nitro benzene ring substituents is 1. The Kier molecular flexibility index (Phi) is 8.04. The minimum absolute atomic E-state index is 0.0335. The lowest BCUT2D eigenvalue weighted by molar-refractivity contribution is -0.384. The summed E-state index contributed by atoms with van der Waals surface area (Å²) in [7, 11) is 0. The molecule has 0 N–H and O–H groups in total. The fraction of sp³-hybridized carbons (Fsp3) is 0.185. The Morgan fingerprint density at radius 1 is 1.05 bits per heavy atom. The molecule has 1 aliphatic heterocycles. The Bertz CT molecular complexity index is 1450. The molecule has 0 bridgehead atoms. The second-order valence-corrected chi connectivity index (χ2v) is 8.41. The van der Waals surface area contributed by atoms with Gasteiger partial charge in [0.05, 0.1) is 11.0 Å². The van der Waals surface area contributed by atoms with E-state index in [0.717, 1.165) is 36.4 Å². The van der Waals surface area contributed by atoms with Crippen LogP contribution >= 0.6 is 0 Å². The lowest BCUT2D eigenvalue weighted by Crippen LogP contribution is -2.51. The fourth-order valence-electron chi connectivity index (χ4n) is 4.12. The van der Waals surface area contributed by atoms with E-state index in [2.05, 4.69) is 4.99 Å². The Labute approximate surface area is 220 Å². The highest BCUT2D eigenvalue weighted by Crippen LogP contribution is 2.38. The van der Waals surface area contributed by atoms with Crippen molar-refractivity contribution in [2.45, 2.75) is 26.0 Å². The summed E-state index contributed by atoms with van der Waals surface area (Å²) in [5, 5.41) is 10.9. The third kappa shape index (κ3) is 5.95. The molecule has 0 aliphatic carbocycles. The quantitative estimate of drug-likeness (QED) is 0.213. The summed E-state index contributed by atoms with van der Waals surface area (Å²) in [6.45, 7) is 1.47. The molecule has 0 fully saturated rings. The van der Waals surface area contributed by atoms with Gasteiger partial charge in [-0.05, 0) is 30.2 Å². The SMILES string of the molecule is CCC1=NC(=O)N(C(=O)Oc2ccc([N+](=O)[O-])cc2)C(c2ccc(F)cc2F)C1C(=O)OCc1ccccc1. The Hall–Kier alpha value is -5.00. The van der Waals surface area contributed by atoms with Crippen LogP contribution in [0.15, 0.2) is 77.8 Å². The second kappa shape index (κ2) is 11.6. The predicted molar refractivity (Wildman–Crippen MR) is 133 cm³/mol. The zero-order valence-corrected chi connectivity index (χ0v) is 20.5. The molecule has 1 aliphatic rings. The summed E-state index contributed by atoms with van der Waals surface area (Å²) in [4.78, 5) is 54.2. The molecular formula is C27H21F2N3O7. The number of aliphatic imine (C=N–C) groups is 1. The molecule has 3 aromatic rings.